The molecule has 2 nitrogen and oxygen atoms in total. The van der Waals surface area contributed by atoms with Crippen molar-refractivity contribution in [2.24, 2.45) is 7.05 Å². The number of fused-ring (bicyclic) bond motifs is 5. The van der Waals surface area contributed by atoms with Gasteiger partial charge in [0.15, 0.2) is 0 Å². The summed E-state index contributed by atoms with van der Waals surface area (Å²) < 4.78 is 5.05. The Balaban J connectivity index is 1.98. The molecule has 0 aliphatic rings. The molecule has 0 bridgehead atoms. The summed E-state index contributed by atoms with van der Waals surface area (Å²) in [4.78, 5) is 4.80. The van der Waals surface area contributed by atoms with E-state index in [0.717, 1.165) is 5.52 Å². The Hall–Kier alpha value is -2.48. The standard InChI is InChI=1S/C22H17N2Se/c1-14-7-3-5-9-16(14)20-22-19(23-13-24(20)2)18-12-11-15-8-4-6-10-17(15)21(18)25-22/h3-13H,1-2H3/q+1. The second kappa shape index (κ2) is 5.52. The number of benzene rings is 3. The molecule has 2 aromatic heterocycles. The quantitative estimate of drug-likeness (QED) is 0.307. The van der Waals surface area contributed by atoms with Gasteiger partial charge in [0.2, 0.25) is 0 Å². The molecule has 0 radical (unpaired) electrons. The number of rotatable bonds is 1. The van der Waals surface area contributed by atoms with Gasteiger partial charge in [0, 0.05) is 0 Å². The van der Waals surface area contributed by atoms with Crippen molar-refractivity contribution in [3.8, 4) is 11.3 Å². The van der Waals surface area contributed by atoms with Gasteiger partial charge in [-0.3, -0.25) is 0 Å². The molecule has 5 aromatic rings. The first-order valence-corrected chi connectivity index (χ1v) is 10.1. The number of aromatic nitrogens is 2. The van der Waals surface area contributed by atoms with Crippen molar-refractivity contribution in [1.29, 1.82) is 0 Å². The average Bonchev–Trinajstić information content (AvgIpc) is 3.01. The SMILES string of the molecule is Cc1ccccc1-c1c2[se]c3c4ccccc4ccc3c2nc[n+]1C. The number of aryl methyl sites for hydroxylation is 2. The fourth-order valence-electron chi connectivity index (χ4n) is 3.61. The Morgan fingerprint density at radius 3 is 2.52 bits per heavy atom. The Labute approximate surface area is 152 Å². The molecule has 0 saturated heterocycles. The van der Waals surface area contributed by atoms with Gasteiger partial charge in [-0.1, -0.05) is 0 Å². The molecule has 0 aliphatic heterocycles. The van der Waals surface area contributed by atoms with Crippen LogP contribution in [-0.2, 0) is 7.05 Å². The third kappa shape index (κ3) is 2.17. The maximum atomic E-state index is 4.80. The van der Waals surface area contributed by atoms with Crippen LogP contribution in [0.5, 0.6) is 0 Å². The van der Waals surface area contributed by atoms with E-state index < -0.39 is 0 Å². The summed E-state index contributed by atoms with van der Waals surface area (Å²) in [6.45, 7) is 2.19. The van der Waals surface area contributed by atoms with E-state index >= 15 is 0 Å². The van der Waals surface area contributed by atoms with E-state index in [2.05, 4.69) is 79.2 Å². The molecule has 0 unspecified atom stereocenters. The van der Waals surface area contributed by atoms with Crippen molar-refractivity contribution in [2.75, 3.05) is 0 Å². The Bertz CT molecular complexity index is 1270. The minimum atomic E-state index is 0.259. The number of nitrogens with zero attached hydrogens (tertiary/aromatic N) is 2. The third-order valence-electron chi connectivity index (χ3n) is 4.88. The molecule has 0 aliphatic carbocycles. The van der Waals surface area contributed by atoms with Crippen molar-refractivity contribution >= 4 is 44.7 Å². The second-order valence-electron chi connectivity index (χ2n) is 6.46. The van der Waals surface area contributed by atoms with Gasteiger partial charge < -0.3 is 0 Å². The monoisotopic (exact) mass is 389 g/mol. The van der Waals surface area contributed by atoms with Crippen LogP contribution in [0.3, 0.4) is 0 Å². The first-order chi connectivity index (χ1) is 12.2. The molecule has 0 saturated carbocycles. The second-order valence-corrected chi connectivity index (χ2v) is 8.60. The van der Waals surface area contributed by atoms with Gasteiger partial charge in [0.25, 0.3) is 0 Å². The molecule has 0 amide bonds. The van der Waals surface area contributed by atoms with Crippen molar-refractivity contribution in [2.45, 2.75) is 6.92 Å². The van der Waals surface area contributed by atoms with E-state index in [1.54, 1.807) is 0 Å². The van der Waals surface area contributed by atoms with Crippen molar-refractivity contribution in [3.63, 3.8) is 0 Å². The molecule has 0 spiro atoms. The summed E-state index contributed by atoms with van der Waals surface area (Å²) in [7, 11) is 2.10. The molecule has 25 heavy (non-hydrogen) atoms. The van der Waals surface area contributed by atoms with Crippen LogP contribution in [-0.4, -0.2) is 19.5 Å². The zero-order chi connectivity index (χ0) is 17.0. The topological polar surface area (TPSA) is 16.8 Å². The van der Waals surface area contributed by atoms with E-state index in [4.69, 9.17) is 4.98 Å². The molecular formula is C22H17N2Se+. The van der Waals surface area contributed by atoms with Crippen LogP contribution in [0.25, 0.3) is 41.5 Å². The van der Waals surface area contributed by atoms with E-state index in [0.29, 0.717) is 0 Å². The van der Waals surface area contributed by atoms with Crippen LogP contribution in [0.15, 0.2) is 67.0 Å². The maximum absolute atomic E-state index is 4.80. The zero-order valence-corrected chi connectivity index (χ0v) is 15.9. The average molecular weight is 388 g/mol. The molecular weight excluding hydrogens is 371 g/mol. The predicted octanol–water partition coefficient (Wildman–Crippen LogP) is 4.40. The Kier molecular flexibility index (Phi) is 3.27. The molecule has 2 heterocycles. The minimum absolute atomic E-state index is 0.259. The van der Waals surface area contributed by atoms with E-state index in [-0.39, 0.29) is 14.5 Å². The molecule has 3 aromatic carbocycles. The van der Waals surface area contributed by atoms with Crippen molar-refractivity contribution < 1.29 is 4.57 Å². The molecule has 3 heteroatoms. The van der Waals surface area contributed by atoms with E-state index in [1.165, 1.54) is 41.5 Å². The predicted molar refractivity (Wildman–Crippen MR) is 105 cm³/mol. The van der Waals surface area contributed by atoms with Crippen LogP contribution in [0.1, 0.15) is 5.56 Å². The normalized spacial score (nSPS) is 11.6. The van der Waals surface area contributed by atoms with Crippen molar-refractivity contribution in [1.82, 2.24) is 4.98 Å². The van der Waals surface area contributed by atoms with Crippen LogP contribution >= 0.6 is 0 Å². The van der Waals surface area contributed by atoms with Crippen LogP contribution in [0, 0.1) is 6.92 Å². The van der Waals surface area contributed by atoms with Crippen LogP contribution < -0.4 is 4.57 Å². The fourth-order valence-corrected chi connectivity index (χ4v) is 6.52. The molecule has 120 valence electrons. The van der Waals surface area contributed by atoms with E-state index in [9.17, 15) is 0 Å². The Morgan fingerprint density at radius 2 is 1.64 bits per heavy atom. The first kappa shape index (κ1) is 14.8. The third-order valence-corrected chi connectivity index (χ3v) is 7.47. The van der Waals surface area contributed by atoms with Gasteiger partial charge >= 0.3 is 152 Å². The van der Waals surface area contributed by atoms with Gasteiger partial charge in [-0.15, -0.1) is 0 Å². The summed E-state index contributed by atoms with van der Waals surface area (Å²) >= 11 is 0.259. The first-order valence-electron chi connectivity index (χ1n) is 8.38. The molecule has 0 N–H and O–H groups in total. The van der Waals surface area contributed by atoms with Gasteiger partial charge in [0.05, 0.1) is 0 Å². The Morgan fingerprint density at radius 1 is 0.840 bits per heavy atom. The van der Waals surface area contributed by atoms with Crippen molar-refractivity contribution in [3.05, 3.63) is 72.6 Å². The zero-order valence-electron chi connectivity index (χ0n) is 14.2. The van der Waals surface area contributed by atoms with Crippen LogP contribution in [0.4, 0.5) is 0 Å². The number of hydrogen-bond donors (Lipinski definition) is 0. The van der Waals surface area contributed by atoms with Gasteiger partial charge in [0.1, 0.15) is 0 Å². The summed E-state index contributed by atoms with van der Waals surface area (Å²) in [6.07, 6.45) is 1.96. The van der Waals surface area contributed by atoms with Gasteiger partial charge in [-0.05, 0) is 0 Å². The fraction of sp³-hybridized carbons (Fsp3) is 0.0909. The molecule has 0 atom stereocenters. The van der Waals surface area contributed by atoms with Gasteiger partial charge in [-0.25, -0.2) is 0 Å². The summed E-state index contributed by atoms with van der Waals surface area (Å²) in [5.74, 6) is 0. The molecule has 5 rings (SSSR count). The summed E-state index contributed by atoms with van der Waals surface area (Å²) in [5.41, 5.74) is 5.09. The van der Waals surface area contributed by atoms with E-state index in [1.807, 2.05) is 6.33 Å². The summed E-state index contributed by atoms with van der Waals surface area (Å²) in [5, 5.41) is 4.00. The summed E-state index contributed by atoms with van der Waals surface area (Å²) in [6, 6.07) is 21.8. The number of hydrogen-bond acceptors (Lipinski definition) is 1. The molecule has 0 fully saturated rings. The van der Waals surface area contributed by atoms with Gasteiger partial charge in [-0.2, -0.15) is 0 Å². The van der Waals surface area contributed by atoms with Crippen LogP contribution in [0.2, 0.25) is 0 Å².